The summed E-state index contributed by atoms with van der Waals surface area (Å²) in [6.45, 7) is 9.65. The van der Waals surface area contributed by atoms with Crippen LogP contribution in [-0.2, 0) is 6.42 Å². The van der Waals surface area contributed by atoms with E-state index in [0.717, 1.165) is 44.8 Å². The number of rotatable bonds is 4. The fourth-order valence-electron chi connectivity index (χ4n) is 2.60. The van der Waals surface area contributed by atoms with Gasteiger partial charge in [-0.1, -0.05) is 13.8 Å². The number of nitrogens with one attached hydrogen (secondary N) is 1. The Kier molecular flexibility index (Phi) is 4.95. The molecule has 2 rings (SSSR count). The Morgan fingerprint density at radius 2 is 1.95 bits per heavy atom. The number of carbonyl (C=O) groups is 1. The minimum atomic E-state index is -0.123. The minimum Gasteiger partial charge on any atom is -0.367 e. The van der Waals surface area contributed by atoms with Crippen LogP contribution < -0.4 is 10.2 Å². The normalized spacial score (nSPS) is 16.2. The van der Waals surface area contributed by atoms with Gasteiger partial charge in [0.05, 0.1) is 11.4 Å². The number of aryl methyl sites for hydroxylation is 1. The lowest BCUT2D eigenvalue weighted by molar-refractivity contribution is 0.0958. The molecule has 0 spiro atoms. The van der Waals surface area contributed by atoms with Crippen LogP contribution in [0.1, 0.15) is 30.0 Å². The Bertz CT molecular complexity index is 467. The molecule has 2 heterocycles. The summed E-state index contributed by atoms with van der Waals surface area (Å²) in [6, 6.07) is 3.86. The summed E-state index contributed by atoms with van der Waals surface area (Å²) in [7, 11) is 1.63. The maximum Gasteiger partial charge on any atom is 0.269 e. The zero-order valence-corrected chi connectivity index (χ0v) is 12.6. The molecule has 1 aliphatic rings. The summed E-state index contributed by atoms with van der Waals surface area (Å²) in [4.78, 5) is 21.0. The van der Waals surface area contributed by atoms with Gasteiger partial charge in [-0.3, -0.25) is 4.79 Å². The average molecular weight is 276 g/mol. The highest BCUT2D eigenvalue weighted by Crippen LogP contribution is 2.21. The van der Waals surface area contributed by atoms with E-state index in [-0.39, 0.29) is 5.91 Å². The molecular weight excluding hydrogens is 252 g/mol. The molecule has 1 aromatic rings. The number of amides is 1. The zero-order chi connectivity index (χ0) is 14.5. The fraction of sp³-hybridized carbons (Fsp3) is 0.600. The number of anilines is 1. The maximum atomic E-state index is 11.7. The summed E-state index contributed by atoms with van der Waals surface area (Å²) in [6.07, 6.45) is 0.841. The van der Waals surface area contributed by atoms with E-state index >= 15 is 0 Å². The number of hydrogen-bond acceptors (Lipinski definition) is 4. The highest BCUT2D eigenvalue weighted by molar-refractivity contribution is 5.92. The van der Waals surface area contributed by atoms with Crippen LogP contribution in [-0.4, -0.2) is 55.6 Å². The molecule has 0 aliphatic carbocycles. The summed E-state index contributed by atoms with van der Waals surface area (Å²) in [5, 5.41) is 2.62. The second kappa shape index (κ2) is 6.70. The number of carbonyl (C=O) groups excluding carboxylic acids is 1. The van der Waals surface area contributed by atoms with Gasteiger partial charge >= 0.3 is 0 Å². The average Bonchev–Trinajstić information content (AvgIpc) is 2.53. The van der Waals surface area contributed by atoms with Crippen molar-refractivity contribution in [2.24, 2.45) is 0 Å². The zero-order valence-electron chi connectivity index (χ0n) is 12.6. The van der Waals surface area contributed by atoms with Crippen molar-refractivity contribution < 1.29 is 4.79 Å². The van der Waals surface area contributed by atoms with Crippen LogP contribution in [0.25, 0.3) is 0 Å². The lowest BCUT2D eigenvalue weighted by atomic mass is 10.1. The van der Waals surface area contributed by atoms with Gasteiger partial charge in [-0.2, -0.15) is 0 Å². The predicted molar refractivity (Wildman–Crippen MR) is 81.3 cm³/mol. The molecule has 1 aromatic heterocycles. The molecule has 1 fully saturated rings. The molecule has 1 N–H and O–H groups in total. The van der Waals surface area contributed by atoms with Crippen molar-refractivity contribution in [3.63, 3.8) is 0 Å². The number of likely N-dealkylation sites (N-methyl/N-ethyl adjacent to an activating group) is 1. The minimum absolute atomic E-state index is 0.123. The van der Waals surface area contributed by atoms with E-state index in [4.69, 9.17) is 0 Å². The molecule has 20 heavy (non-hydrogen) atoms. The van der Waals surface area contributed by atoms with Gasteiger partial charge in [0, 0.05) is 33.2 Å². The van der Waals surface area contributed by atoms with Crippen LogP contribution in [0, 0.1) is 0 Å². The van der Waals surface area contributed by atoms with Gasteiger partial charge in [-0.05, 0) is 25.1 Å². The number of pyridine rings is 1. The van der Waals surface area contributed by atoms with Gasteiger partial charge in [0.25, 0.3) is 5.91 Å². The summed E-state index contributed by atoms with van der Waals surface area (Å²) >= 11 is 0. The second-order valence-electron chi connectivity index (χ2n) is 5.02. The lowest BCUT2D eigenvalue weighted by Gasteiger charge is -2.36. The van der Waals surface area contributed by atoms with Crippen molar-refractivity contribution in [3.05, 3.63) is 23.5 Å². The van der Waals surface area contributed by atoms with Crippen molar-refractivity contribution in [3.8, 4) is 0 Å². The Balaban J connectivity index is 2.18. The summed E-state index contributed by atoms with van der Waals surface area (Å²) in [5.74, 6) is -0.123. The molecule has 110 valence electrons. The number of aromatic nitrogens is 1. The molecular formula is C15H24N4O. The molecule has 0 saturated carbocycles. The third-order valence-electron chi connectivity index (χ3n) is 3.90. The Hall–Kier alpha value is -1.62. The van der Waals surface area contributed by atoms with Crippen molar-refractivity contribution in [1.29, 1.82) is 0 Å². The van der Waals surface area contributed by atoms with E-state index in [0.29, 0.717) is 5.69 Å². The van der Waals surface area contributed by atoms with E-state index < -0.39 is 0 Å². The maximum absolute atomic E-state index is 11.7. The first-order valence-electron chi connectivity index (χ1n) is 7.38. The Morgan fingerprint density at radius 3 is 2.50 bits per heavy atom. The highest BCUT2D eigenvalue weighted by Gasteiger charge is 2.19. The third kappa shape index (κ3) is 3.10. The molecule has 5 heteroatoms. The first kappa shape index (κ1) is 14.8. The third-order valence-corrected chi connectivity index (χ3v) is 3.90. The van der Waals surface area contributed by atoms with Crippen LogP contribution >= 0.6 is 0 Å². The van der Waals surface area contributed by atoms with Crippen LogP contribution in [0.15, 0.2) is 12.1 Å². The second-order valence-corrected chi connectivity index (χ2v) is 5.02. The van der Waals surface area contributed by atoms with Gasteiger partial charge in [0.1, 0.15) is 5.69 Å². The number of piperazine rings is 1. The topological polar surface area (TPSA) is 48.5 Å². The van der Waals surface area contributed by atoms with Crippen molar-refractivity contribution >= 4 is 11.6 Å². The van der Waals surface area contributed by atoms with E-state index in [1.54, 1.807) is 7.05 Å². The largest absolute Gasteiger partial charge is 0.367 e. The van der Waals surface area contributed by atoms with Gasteiger partial charge in [0.15, 0.2) is 0 Å². The standard InChI is InChI=1S/C15H24N4O/c1-4-12-14(7-6-13(17-12)15(20)16-3)19-10-8-18(5-2)9-11-19/h6-7H,4-5,8-11H2,1-3H3,(H,16,20). The summed E-state index contributed by atoms with van der Waals surface area (Å²) in [5.41, 5.74) is 2.69. The van der Waals surface area contributed by atoms with Crippen LogP contribution in [0.3, 0.4) is 0 Å². The van der Waals surface area contributed by atoms with Gasteiger partial charge in [0.2, 0.25) is 0 Å². The number of hydrogen-bond donors (Lipinski definition) is 1. The first-order valence-corrected chi connectivity index (χ1v) is 7.38. The quantitative estimate of drug-likeness (QED) is 0.896. The van der Waals surface area contributed by atoms with Gasteiger partial charge in [-0.15, -0.1) is 0 Å². The molecule has 0 aromatic carbocycles. The van der Waals surface area contributed by atoms with Gasteiger partial charge < -0.3 is 15.1 Å². The molecule has 0 unspecified atom stereocenters. The highest BCUT2D eigenvalue weighted by atomic mass is 16.1. The van der Waals surface area contributed by atoms with Gasteiger partial charge in [-0.25, -0.2) is 4.98 Å². The predicted octanol–water partition coefficient (Wildman–Crippen LogP) is 1.15. The number of nitrogens with zero attached hydrogens (tertiary/aromatic N) is 3. The van der Waals surface area contributed by atoms with Crippen molar-refractivity contribution in [2.45, 2.75) is 20.3 Å². The molecule has 1 aliphatic heterocycles. The molecule has 0 atom stereocenters. The molecule has 1 saturated heterocycles. The Labute approximate surface area is 121 Å². The molecule has 0 bridgehead atoms. The smallest absolute Gasteiger partial charge is 0.269 e. The van der Waals surface area contributed by atoms with Crippen LogP contribution in [0.5, 0.6) is 0 Å². The Morgan fingerprint density at radius 1 is 1.25 bits per heavy atom. The first-order chi connectivity index (χ1) is 9.69. The van der Waals surface area contributed by atoms with E-state index in [2.05, 4.69) is 33.9 Å². The molecule has 1 amide bonds. The SMILES string of the molecule is CCc1nc(C(=O)NC)ccc1N1CCN(CC)CC1. The van der Waals surface area contributed by atoms with Crippen LogP contribution in [0.2, 0.25) is 0 Å². The van der Waals surface area contributed by atoms with E-state index in [9.17, 15) is 4.79 Å². The van der Waals surface area contributed by atoms with E-state index in [1.165, 1.54) is 5.69 Å². The molecule has 0 radical (unpaired) electrons. The summed E-state index contributed by atoms with van der Waals surface area (Å²) < 4.78 is 0. The fourth-order valence-corrected chi connectivity index (χ4v) is 2.60. The molecule has 5 nitrogen and oxygen atoms in total. The van der Waals surface area contributed by atoms with Crippen molar-refractivity contribution in [2.75, 3.05) is 44.7 Å². The van der Waals surface area contributed by atoms with E-state index in [1.807, 2.05) is 12.1 Å². The van der Waals surface area contributed by atoms with Crippen LogP contribution in [0.4, 0.5) is 5.69 Å². The lowest BCUT2D eigenvalue weighted by Crippen LogP contribution is -2.46. The monoisotopic (exact) mass is 276 g/mol. The van der Waals surface area contributed by atoms with Crippen molar-refractivity contribution in [1.82, 2.24) is 15.2 Å².